The van der Waals surface area contributed by atoms with Crippen molar-refractivity contribution in [1.82, 2.24) is 31.1 Å². The third-order valence-corrected chi connectivity index (χ3v) is 17.0. The highest BCUT2D eigenvalue weighted by Gasteiger charge is 2.57. The predicted octanol–water partition coefficient (Wildman–Crippen LogP) is -1.04. The van der Waals surface area contributed by atoms with Crippen LogP contribution < -0.4 is 21.3 Å². The maximum Gasteiger partial charge on any atom is 0.335 e. The number of allylic oxidation sites excluding steroid dienone is 2. The van der Waals surface area contributed by atoms with Crippen molar-refractivity contribution < 1.29 is 90.0 Å². The smallest absolute Gasteiger partial charge is 0.335 e. The molecule has 6 fully saturated rings. The van der Waals surface area contributed by atoms with Crippen LogP contribution in [0.4, 0.5) is 0 Å². The summed E-state index contributed by atoms with van der Waals surface area (Å²) in [7, 11) is 13.1. The van der Waals surface area contributed by atoms with Crippen LogP contribution in [0.15, 0.2) is 46.6 Å². The van der Waals surface area contributed by atoms with E-state index in [9.17, 15) is 28.8 Å². The molecule has 0 radical (unpaired) electrons. The number of carboxylic acid groups (broad SMARTS) is 6. The minimum atomic E-state index is -2.27. The Kier molecular flexibility index (Phi) is 21.6. The fraction of sp³-hybridized carbons (Fsp3) is 0.720. The van der Waals surface area contributed by atoms with Crippen molar-refractivity contribution in [1.29, 1.82) is 0 Å². The average molecular weight is 1050 g/mol. The number of hydrogen-bond acceptors (Lipinski definition) is 18. The Morgan fingerprint density at radius 3 is 0.986 bits per heavy atom. The van der Waals surface area contributed by atoms with Crippen LogP contribution >= 0.6 is 0 Å². The van der Waals surface area contributed by atoms with Crippen molar-refractivity contribution in [3.63, 3.8) is 0 Å². The van der Waals surface area contributed by atoms with Crippen LogP contribution in [0.2, 0.25) is 0 Å². The van der Waals surface area contributed by atoms with E-state index in [1.54, 1.807) is 22.3 Å². The number of hydrogen-bond donors (Lipinski definition) is 16. The maximum absolute atomic E-state index is 9.77. The predicted molar refractivity (Wildman–Crippen MR) is 265 cm³/mol. The fourth-order valence-electron chi connectivity index (χ4n) is 12.6. The molecule has 6 unspecified atom stereocenters. The molecule has 24 heteroatoms. The number of carboxylic acids is 6. The molecule has 2 aliphatic heterocycles. The summed E-state index contributed by atoms with van der Waals surface area (Å²) in [6, 6.07) is 1.57. The van der Waals surface area contributed by atoms with Gasteiger partial charge in [0.05, 0.1) is 11.3 Å². The lowest BCUT2D eigenvalue weighted by molar-refractivity contribution is -0.165. The number of likely N-dealkylation sites (N-methyl/N-ethyl adjacent to an activating group) is 4. The topological polar surface area (TPSA) is 400 Å². The van der Waals surface area contributed by atoms with Crippen LogP contribution in [0.3, 0.4) is 0 Å². The summed E-state index contributed by atoms with van der Waals surface area (Å²) < 4.78 is 0. The van der Waals surface area contributed by atoms with Gasteiger partial charge in [-0.1, -0.05) is 37.8 Å². The normalized spacial score (nSPS) is 30.4. The van der Waals surface area contributed by atoms with Gasteiger partial charge in [-0.05, 0) is 153 Å². The number of rotatable bonds is 13. The van der Waals surface area contributed by atoms with Gasteiger partial charge in [-0.25, -0.2) is 28.8 Å². The number of aliphatic hydroxyl groups is 6. The zero-order valence-corrected chi connectivity index (χ0v) is 43.1. The standard InChI is InChI=1S/2C19H31N3.3C4H6O6/c2*1-20-19(21-2)9-7-14-12-17-15-6-4-5-8-18(15,16(14)13-19)10-11-22(17)3;3*5-1(3(7)8)2(6)4(9)10/h2*7,13,15,17,20-21H,4-6,8-12H2,1-3H3;3*1-2,5-6H,(H,7,8)(H,9,10)/t2*15-,17+,18+;;;/m00.../s1. The Morgan fingerprint density at radius 2 is 0.743 bits per heavy atom. The molecular formula is C50H80N6O18. The van der Waals surface area contributed by atoms with E-state index in [0.717, 1.165) is 36.8 Å². The fourth-order valence-corrected chi connectivity index (χ4v) is 12.6. The van der Waals surface area contributed by atoms with E-state index in [1.165, 1.54) is 90.1 Å². The van der Waals surface area contributed by atoms with Crippen molar-refractivity contribution in [2.24, 2.45) is 22.7 Å². The minimum Gasteiger partial charge on any atom is -0.479 e. The van der Waals surface area contributed by atoms with Gasteiger partial charge in [0.25, 0.3) is 0 Å². The van der Waals surface area contributed by atoms with Crippen molar-refractivity contribution in [2.45, 2.75) is 150 Å². The number of carbonyl (C=O) groups is 6. The monoisotopic (exact) mass is 1050 g/mol. The minimum absolute atomic E-state index is 0.0359. The highest BCUT2D eigenvalue weighted by molar-refractivity contribution is 5.84. The Morgan fingerprint density at radius 1 is 0.473 bits per heavy atom. The van der Waals surface area contributed by atoms with Gasteiger partial charge in [0.2, 0.25) is 0 Å². The average Bonchev–Trinajstić information content (AvgIpc) is 3.39. The van der Waals surface area contributed by atoms with Gasteiger partial charge in [-0.3, -0.25) is 21.3 Å². The van der Waals surface area contributed by atoms with Gasteiger partial charge in [-0.15, -0.1) is 0 Å². The summed E-state index contributed by atoms with van der Waals surface area (Å²) in [5.41, 5.74) is 7.61. The highest BCUT2D eigenvalue weighted by Crippen LogP contribution is 2.62. The van der Waals surface area contributed by atoms with Crippen molar-refractivity contribution in [2.75, 3.05) is 55.4 Å². The molecule has 2 heterocycles. The molecular weight excluding hydrogens is 973 g/mol. The number of aliphatic hydroxyl groups excluding tert-OH is 6. The molecule has 8 rings (SSSR count). The largest absolute Gasteiger partial charge is 0.479 e. The molecule has 418 valence electrons. The van der Waals surface area contributed by atoms with E-state index in [2.05, 4.69) is 97.7 Å². The summed E-state index contributed by atoms with van der Waals surface area (Å²) >= 11 is 0. The summed E-state index contributed by atoms with van der Waals surface area (Å²) in [4.78, 5) is 63.9. The van der Waals surface area contributed by atoms with Crippen LogP contribution in [0.1, 0.15) is 89.9 Å². The number of likely N-dealkylation sites (tertiary alicyclic amines) is 2. The van der Waals surface area contributed by atoms with E-state index in [1.807, 2.05) is 0 Å². The lowest BCUT2D eigenvalue weighted by Gasteiger charge is -2.60. The summed E-state index contributed by atoms with van der Waals surface area (Å²) in [5, 5.41) is 112. The highest BCUT2D eigenvalue weighted by atomic mass is 16.5. The molecule has 0 spiro atoms. The van der Waals surface area contributed by atoms with Crippen molar-refractivity contribution in [3.05, 3.63) is 46.6 Å². The molecule has 0 aromatic heterocycles. The van der Waals surface area contributed by atoms with E-state index in [4.69, 9.17) is 61.3 Å². The van der Waals surface area contributed by atoms with Crippen LogP contribution in [0, 0.1) is 22.7 Å². The second-order valence-electron chi connectivity index (χ2n) is 20.6. The van der Waals surface area contributed by atoms with Gasteiger partial charge in [-0.2, -0.15) is 0 Å². The second-order valence-corrected chi connectivity index (χ2v) is 20.6. The molecule has 4 saturated carbocycles. The van der Waals surface area contributed by atoms with Gasteiger partial charge in [0.15, 0.2) is 36.6 Å². The molecule has 74 heavy (non-hydrogen) atoms. The van der Waals surface area contributed by atoms with Crippen molar-refractivity contribution in [3.8, 4) is 0 Å². The van der Waals surface area contributed by atoms with E-state index < -0.39 is 72.4 Å². The zero-order chi connectivity index (χ0) is 55.7. The molecule has 0 aromatic carbocycles. The number of fused-ring (bicyclic) bond motifs is 2. The molecule has 0 aromatic rings. The second kappa shape index (κ2) is 25.9. The van der Waals surface area contributed by atoms with Crippen LogP contribution in [-0.2, 0) is 28.8 Å². The van der Waals surface area contributed by atoms with Gasteiger partial charge in [0, 0.05) is 35.8 Å². The third-order valence-electron chi connectivity index (χ3n) is 17.0. The molecule has 4 bridgehead atoms. The molecule has 0 amide bonds. The van der Waals surface area contributed by atoms with E-state index in [-0.39, 0.29) is 11.3 Å². The molecule has 2 saturated heterocycles. The Labute approximate surface area is 430 Å². The SMILES string of the molecule is CNC1(NC)C=C2C(=CC1)C[C@@H]1[C@@H]3CCCC[C@]23CCN1C.CNC1(NC)C=C2C(=CC1)C[C@@H]1[C@@H]3CCCC[C@]23CCN1C.O=C(O)C(O)C(O)C(=O)O.O=C(O)C(O)C(O)C(=O)O.O=C(O)C(O)C(O)C(=O)O. The first kappa shape index (κ1) is 61.8. The molecule has 16 N–H and O–H groups in total. The van der Waals surface area contributed by atoms with Crippen LogP contribution in [0.5, 0.6) is 0 Å². The summed E-state index contributed by atoms with van der Waals surface area (Å²) in [6.07, 6.45) is 15.4. The molecule has 6 aliphatic carbocycles. The quantitative estimate of drug-likeness (QED) is 0.0979. The lowest BCUT2D eigenvalue weighted by Crippen LogP contribution is -2.60. The first-order valence-corrected chi connectivity index (χ1v) is 25.1. The van der Waals surface area contributed by atoms with E-state index in [0.29, 0.717) is 10.8 Å². The van der Waals surface area contributed by atoms with E-state index >= 15 is 0 Å². The number of piperidine rings is 2. The number of nitrogens with zero attached hydrogens (tertiary/aromatic N) is 2. The van der Waals surface area contributed by atoms with Crippen LogP contribution in [-0.4, -0.2) is 222 Å². The molecule has 8 aliphatic rings. The summed E-state index contributed by atoms with van der Waals surface area (Å²) in [6.45, 7) is 2.55. The zero-order valence-electron chi connectivity index (χ0n) is 43.1. The maximum atomic E-state index is 9.77. The van der Waals surface area contributed by atoms with Gasteiger partial charge >= 0.3 is 35.8 Å². The van der Waals surface area contributed by atoms with Crippen molar-refractivity contribution >= 4 is 35.8 Å². The lowest BCUT2D eigenvalue weighted by atomic mass is 9.50. The Bertz CT molecular complexity index is 1930. The number of aliphatic carboxylic acids is 6. The molecule has 12 atom stereocenters. The number of nitrogens with one attached hydrogen (secondary N) is 4. The Balaban J connectivity index is 0.000000213. The third kappa shape index (κ3) is 13.3. The first-order chi connectivity index (χ1) is 34.7. The summed E-state index contributed by atoms with van der Waals surface area (Å²) in [5.74, 6) is -8.85. The Hall–Kier alpha value is -4.70. The van der Waals surface area contributed by atoms with Gasteiger partial charge in [0.1, 0.15) is 0 Å². The molecule has 24 nitrogen and oxygen atoms in total. The van der Waals surface area contributed by atoms with Gasteiger partial charge < -0.3 is 71.1 Å². The van der Waals surface area contributed by atoms with Crippen LogP contribution in [0.25, 0.3) is 0 Å². The first-order valence-electron chi connectivity index (χ1n) is 25.1.